The lowest BCUT2D eigenvalue weighted by Gasteiger charge is -2.33. The van der Waals surface area contributed by atoms with Crippen LogP contribution in [0.15, 0.2) is 57.9 Å². The van der Waals surface area contributed by atoms with Crippen LogP contribution in [0.25, 0.3) is 11.5 Å². The Bertz CT molecular complexity index is 1080. The van der Waals surface area contributed by atoms with Gasteiger partial charge in [0.05, 0.1) is 11.4 Å². The largest absolute Gasteiger partial charge is 0.334 e. The van der Waals surface area contributed by atoms with Crippen LogP contribution in [-0.2, 0) is 16.6 Å². The van der Waals surface area contributed by atoms with Crippen LogP contribution in [0, 0.1) is 5.82 Å². The predicted molar refractivity (Wildman–Crippen MR) is 105 cm³/mol. The lowest BCUT2D eigenvalue weighted by molar-refractivity contribution is 0.176. The molecule has 0 aliphatic carbocycles. The first-order valence-corrected chi connectivity index (χ1v) is 10.8. The molecule has 0 atom stereocenters. The van der Waals surface area contributed by atoms with Crippen LogP contribution in [0.3, 0.4) is 0 Å². The second-order valence-electron chi connectivity index (χ2n) is 6.66. The molecule has 0 spiro atoms. The summed E-state index contributed by atoms with van der Waals surface area (Å²) in [7, 11) is -3.54. The summed E-state index contributed by atoms with van der Waals surface area (Å²) in [6.45, 7) is 2.28. The average Bonchev–Trinajstić information content (AvgIpc) is 3.18. The Morgan fingerprint density at radius 1 is 1.00 bits per heavy atom. The normalized spacial score (nSPS) is 16.2. The van der Waals surface area contributed by atoms with Crippen molar-refractivity contribution >= 4 is 21.6 Å². The summed E-state index contributed by atoms with van der Waals surface area (Å²) in [5, 5.41) is 4.46. The van der Waals surface area contributed by atoms with Crippen LogP contribution >= 0.6 is 11.6 Å². The van der Waals surface area contributed by atoms with Gasteiger partial charge in [0.1, 0.15) is 5.82 Å². The highest BCUT2D eigenvalue weighted by Crippen LogP contribution is 2.21. The first-order chi connectivity index (χ1) is 13.9. The number of piperazine rings is 1. The molecule has 0 radical (unpaired) electrons. The van der Waals surface area contributed by atoms with Crippen molar-refractivity contribution in [1.29, 1.82) is 0 Å². The SMILES string of the molecule is O=S(=O)(c1ccc(Cl)cc1)N1CCN(Cc2noc(-c3ccc(F)cc3)n2)CC1. The smallest absolute Gasteiger partial charge is 0.257 e. The fourth-order valence-corrected chi connectivity index (χ4v) is 4.66. The van der Waals surface area contributed by atoms with E-state index in [1.165, 1.54) is 28.6 Å². The van der Waals surface area contributed by atoms with Gasteiger partial charge in [0.25, 0.3) is 5.89 Å². The summed E-state index contributed by atoms with van der Waals surface area (Å²) in [4.78, 5) is 6.64. The summed E-state index contributed by atoms with van der Waals surface area (Å²) in [6, 6.07) is 12.0. The van der Waals surface area contributed by atoms with Gasteiger partial charge in [0.2, 0.25) is 10.0 Å². The van der Waals surface area contributed by atoms with Crippen LogP contribution < -0.4 is 0 Å². The summed E-state index contributed by atoms with van der Waals surface area (Å²) in [5.74, 6) is 0.488. The molecule has 0 N–H and O–H groups in total. The van der Waals surface area contributed by atoms with E-state index in [1.54, 1.807) is 24.3 Å². The fraction of sp³-hybridized carbons (Fsp3) is 0.263. The molecule has 0 unspecified atom stereocenters. The number of nitrogens with zero attached hydrogens (tertiary/aromatic N) is 4. The van der Waals surface area contributed by atoms with Crippen molar-refractivity contribution in [2.45, 2.75) is 11.4 Å². The Morgan fingerprint density at radius 3 is 2.31 bits per heavy atom. The summed E-state index contributed by atoms with van der Waals surface area (Å²) in [5.41, 5.74) is 0.643. The Hall–Kier alpha value is -2.33. The van der Waals surface area contributed by atoms with E-state index in [2.05, 4.69) is 15.0 Å². The molecule has 1 saturated heterocycles. The van der Waals surface area contributed by atoms with E-state index in [1.807, 2.05) is 0 Å². The topological polar surface area (TPSA) is 79.5 Å². The fourth-order valence-electron chi connectivity index (χ4n) is 3.11. The van der Waals surface area contributed by atoms with Gasteiger partial charge in [-0.15, -0.1) is 0 Å². The lowest BCUT2D eigenvalue weighted by atomic mass is 10.2. The number of sulfonamides is 1. The van der Waals surface area contributed by atoms with Gasteiger partial charge in [-0.05, 0) is 48.5 Å². The van der Waals surface area contributed by atoms with E-state index in [9.17, 15) is 12.8 Å². The summed E-state index contributed by atoms with van der Waals surface area (Å²) >= 11 is 5.84. The number of halogens is 2. The third-order valence-electron chi connectivity index (χ3n) is 4.71. The maximum Gasteiger partial charge on any atom is 0.257 e. The van der Waals surface area contributed by atoms with Crippen LogP contribution in [0.4, 0.5) is 4.39 Å². The molecule has 3 aromatic rings. The Kier molecular flexibility index (Phi) is 5.64. The average molecular weight is 437 g/mol. The molecule has 10 heteroatoms. The number of benzene rings is 2. The second-order valence-corrected chi connectivity index (χ2v) is 9.03. The van der Waals surface area contributed by atoms with Gasteiger partial charge in [-0.2, -0.15) is 9.29 Å². The van der Waals surface area contributed by atoms with Crippen LogP contribution in [0.2, 0.25) is 5.02 Å². The molecule has 0 bridgehead atoms. The standard InChI is InChI=1S/C19H18ClFN4O3S/c20-15-3-7-17(8-4-15)29(26,27)25-11-9-24(10-12-25)13-18-22-19(28-23-18)14-1-5-16(21)6-2-14/h1-8H,9-13H2. The highest BCUT2D eigenvalue weighted by molar-refractivity contribution is 7.89. The number of hydrogen-bond acceptors (Lipinski definition) is 6. The van der Waals surface area contributed by atoms with Crippen molar-refractivity contribution in [3.8, 4) is 11.5 Å². The zero-order chi connectivity index (χ0) is 20.4. The van der Waals surface area contributed by atoms with E-state index in [0.717, 1.165) is 0 Å². The van der Waals surface area contributed by atoms with Crippen molar-refractivity contribution in [3.05, 3.63) is 65.2 Å². The van der Waals surface area contributed by atoms with Crippen LogP contribution in [0.1, 0.15) is 5.82 Å². The van der Waals surface area contributed by atoms with Crippen molar-refractivity contribution in [3.63, 3.8) is 0 Å². The Labute approximate surface area is 172 Å². The van der Waals surface area contributed by atoms with Gasteiger partial charge in [-0.1, -0.05) is 16.8 Å². The zero-order valence-corrected chi connectivity index (χ0v) is 16.9. The van der Waals surface area contributed by atoms with Gasteiger partial charge in [0.15, 0.2) is 5.82 Å². The number of rotatable bonds is 5. The minimum atomic E-state index is -3.54. The van der Waals surface area contributed by atoms with Crippen molar-refractivity contribution < 1.29 is 17.3 Å². The molecule has 152 valence electrons. The first kappa shape index (κ1) is 20.0. The molecule has 1 aliphatic rings. The zero-order valence-electron chi connectivity index (χ0n) is 15.3. The summed E-state index contributed by atoms with van der Waals surface area (Å²) in [6.07, 6.45) is 0. The minimum absolute atomic E-state index is 0.234. The molecule has 1 fully saturated rings. The molecule has 1 aliphatic heterocycles. The maximum atomic E-state index is 13.0. The van der Waals surface area contributed by atoms with Crippen LogP contribution in [-0.4, -0.2) is 53.9 Å². The minimum Gasteiger partial charge on any atom is -0.334 e. The maximum absolute atomic E-state index is 13.0. The molecule has 2 heterocycles. The highest BCUT2D eigenvalue weighted by Gasteiger charge is 2.29. The van der Waals surface area contributed by atoms with E-state index in [-0.39, 0.29) is 10.7 Å². The number of hydrogen-bond donors (Lipinski definition) is 0. The van der Waals surface area contributed by atoms with Crippen LogP contribution in [0.5, 0.6) is 0 Å². The molecule has 0 saturated carbocycles. The summed E-state index contributed by atoms with van der Waals surface area (Å²) < 4.78 is 45.2. The molecule has 1 aromatic heterocycles. The van der Waals surface area contributed by atoms with Gasteiger partial charge >= 0.3 is 0 Å². The second kappa shape index (κ2) is 8.19. The predicted octanol–water partition coefficient (Wildman–Crippen LogP) is 3.04. The molecule has 29 heavy (non-hydrogen) atoms. The van der Waals surface area contributed by atoms with Gasteiger partial charge in [-0.3, -0.25) is 4.90 Å². The Morgan fingerprint density at radius 2 is 1.66 bits per heavy atom. The van der Waals surface area contributed by atoms with Gasteiger partial charge < -0.3 is 4.52 Å². The molecular weight excluding hydrogens is 419 g/mol. The molecule has 0 amide bonds. The van der Waals surface area contributed by atoms with E-state index in [4.69, 9.17) is 16.1 Å². The first-order valence-electron chi connectivity index (χ1n) is 8.98. The van der Waals surface area contributed by atoms with E-state index >= 15 is 0 Å². The van der Waals surface area contributed by atoms with Gasteiger partial charge in [-0.25, -0.2) is 12.8 Å². The molecule has 2 aromatic carbocycles. The van der Waals surface area contributed by atoms with Crippen molar-refractivity contribution in [2.24, 2.45) is 0 Å². The monoisotopic (exact) mass is 436 g/mol. The molecule has 7 nitrogen and oxygen atoms in total. The third-order valence-corrected chi connectivity index (χ3v) is 6.87. The lowest BCUT2D eigenvalue weighted by Crippen LogP contribution is -2.48. The van der Waals surface area contributed by atoms with E-state index in [0.29, 0.717) is 55.0 Å². The van der Waals surface area contributed by atoms with E-state index < -0.39 is 10.0 Å². The quantitative estimate of drug-likeness (QED) is 0.611. The highest BCUT2D eigenvalue weighted by atomic mass is 35.5. The third kappa shape index (κ3) is 4.48. The number of aromatic nitrogens is 2. The van der Waals surface area contributed by atoms with Crippen molar-refractivity contribution in [1.82, 2.24) is 19.3 Å². The Balaban J connectivity index is 1.37. The molecule has 4 rings (SSSR count). The van der Waals surface area contributed by atoms with Gasteiger partial charge in [0, 0.05) is 36.8 Å². The van der Waals surface area contributed by atoms with Crippen molar-refractivity contribution in [2.75, 3.05) is 26.2 Å². The molecular formula is C19H18ClFN4O3S.